The van der Waals surface area contributed by atoms with E-state index in [1.165, 1.54) is 6.21 Å². The molecule has 7 nitrogen and oxygen atoms in total. The summed E-state index contributed by atoms with van der Waals surface area (Å²) >= 11 is 0. The fourth-order valence-corrected chi connectivity index (χ4v) is 2.60. The number of aromatic nitrogens is 2. The van der Waals surface area contributed by atoms with E-state index in [4.69, 9.17) is 4.74 Å². The zero-order chi connectivity index (χ0) is 19.9. The molecule has 3 N–H and O–H groups in total. The fourth-order valence-electron chi connectivity index (χ4n) is 2.60. The van der Waals surface area contributed by atoms with Crippen LogP contribution in [0.25, 0.3) is 11.3 Å². The number of benzene rings is 2. The lowest BCUT2D eigenvalue weighted by atomic mass is 10.1. The summed E-state index contributed by atoms with van der Waals surface area (Å²) in [5.74, 6) is 0.418. The molecular formula is C21H20N4O3. The molecule has 0 aliphatic rings. The monoisotopic (exact) mass is 376 g/mol. The van der Waals surface area contributed by atoms with Gasteiger partial charge in [-0.25, -0.2) is 5.43 Å². The molecule has 0 radical (unpaired) electrons. The molecule has 1 amide bonds. The van der Waals surface area contributed by atoms with E-state index in [1.54, 1.807) is 37.5 Å². The number of ether oxygens (including phenoxy) is 1. The van der Waals surface area contributed by atoms with Crippen LogP contribution in [0.15, 0.2) is 66.3 Å². The first-order chi connectivity index (χ1) is 13.6. The topological polar surface area (TPSA) is 99.6 Å². The Bertz CT molecular complexity index is 1010. The van der Waals surface area contributed by atoms with E-state index in [1.807, 2.05) is 24.3 Å². The number of methoxy groups -OCH3 is 1. The van der Waals surface area contributed by atoms with E-state index >= 15 is 0 Å². The third kappa shape index (κ3) is 4.27. The van der Waals surface area contributed by atoms with Crippen molar-refractivity contribution < 1.29 is 14.6 Å². The number of carbonyl (C=O) groups excluding carboxylic acids is 1. The van der Waals surface area contributed by atoms with Gasteiger partial charge in [-0.15, -0.1) is 6.58 Å². The SMILES string of the molecule is C=CCc1cccc(C=NNC(=O)c2cc(-c3ccc(OC)cc3)n[nH]2)c1O. The third-order valence-corrected chi connectivity index (χ3v) is 4.09. The number of nitrogens with zero attached hydrogens (tertiary/aromatic N) is 2. The summed E-state index contributed by atoms with van der Waals surface area (Å²) in [6.07, 6.45) is 3.64. The van der Waals surface area contributed by atoms with Crippen molar-refractivity contribution >= 4 is 12.1 Å². The Hall–Kier alpha value is -3.87. The van der Waals surface area contributed by atoms with Gasteiger partial charge in [0.15, 0.2) is 0 Å². The van der Waals surface area contributed by atoms with Crippen molar-refractivity contribution in [2.45, 2.75) is 6.42 Å². The van der Waals surface area contributed by atoms with Gasteiger partial charge in [0.1, 0.15) is 17.2 Å². The lowest BCUT2D eigenvalue weighted by molar-refractivity contribution is 0.0950. The second-order valence-corrected chi connectivity index (χ2v) is 5.94. The van der Waals surface area contributed by atoms with E-state index in [0.29, 0.717) is 17.7 Å². The van der Waals surface area contributed by atoms with Crippen molar-refractivity contribution in [1.29, 1.82) is 0 Å². The number of nitrogens with one attached hydrogen (secondary N) is 2. The van der Waals surface area contributed by atoms with E-state index in [0.717, 1.165) is 16.9 Å². The Morgan fingerprint density at radius 3 is 2.82 bits per heavy atom. The van der Waals surface area contributed by atoms with Crippen LogP contribution in [0.2, 0.25) is 0 Å². The van der Waals surface area contributed by atoms with Crippen LogP contribution in [0.4, 0.5) is 0 Å². The van der Waals surface area contributed by atoms with Crippen molar-refractivity contribution in [2.75, 3.05) is 7.11 Å². The summed E-state index contributed by atoms with van der Waals surface area (Å²) in [7, 11) is 1.60. The first-order valence-corrected chi connectivity index (χ1v) is 8.57. The molecule has 3 rings (SSSR count). The molecule has 0 spiro atoms. The number of phenolic OH excluding ortho intramolecular Hbond substituents is 1. The molecule has 0 saturated heterocycles. The Labute approximate surface area is 162 Å². The first-order valence-electron chi connectivity index (χ1n) is 8.57. The number of hydrazone groups is 1. The van der Waals surface area contributed by atoms with Gasteiger partial charge >= 0.3 is 0 Å². The van der Waals surface area contributed by atoms with E-state index in [9.17, 15) is 9.90 Å². The Morgan fingerprint density at radius 2 is 2.11 bits per heavy atom. The van der Waals surface area contributed by atoms with Crippen LogP contribution < -0.4 is 10.2 Å². The van der Waals surface area contributed by atoms with Gasteiger partial charge < -0.3 is 9.84 Å². The largest absolute Gasteiger partial charge is 0.507 e. The summed E-state index contributed by atoms with van der Waals surface area (Å²) in [5, 5.41) is 20.9. The number of hydrogen-bond donors (Lipinski definition) is 3. The van der Waals surface area contributed by atoms with Crippen molar-refractivity contribution in [3.8, 4) is 22.8 Å². The average molecular weight is 376 g/mol. The van der Waals surface area contributed by atoms with Crippen LogP contribution in [0, 0.1) is 0 Å². The molecule has 0 unspecified atom stereocenters. The normalized spacial score (nSPS) is 10.8. The van der Waals surface area contributed by atoms with Gasteiger partial charge in [0.25, 0.3) is 5.91 Å². The Morgan fingerprint density at radius 1 is 1.32 bits per heavy atom. The molecule has 0 bridgehead atoms. The summed E-state index contributed by atoms with van der Waals surface area (Å²) in [5.41, 5.74) is 5.41. The lowest BCUT2D eigenvalue weighted by Crippen LogP contribution is -2.18. The molecule has 0 aliphatic carbocycles. The molecule has 0 atom stereocenters. The highest BCUT2D eigenvalue weighted by atomic mass is 16.5. The quantitative estimate of drug-likeness (QED) is 0.335. The summed E-state index contributed by atoms with van der Waals surface area (Å²) < 4.78 is 5.13. The number of allylic oxidation sites excluding steroid dienone is 1. The molecule has 28 heavy (non-hydrogen) atoms. The van der Waals surface area contributed by atoms with Crippen molar-refractivity contribution in [3.05, 3.63) is 78.0 Å². The summed E-state index contributed by atoms with van der Waals surface area (Å²) in [6, 6.07) is 14.3. The number of H-pyrrole nitrogens is 1. The maximum absolute atomic E-state index is 12.2. The molecule has 142 valence electrons. The molecule has 0 saturated carbocycles. The van der Waals surface area contributed by atoms with Crippen molar-refractivity contribution in [3.63, 3.8) is 0 Å². The van der Waals surface area contributed by atoms with Crippen molar-refractivity contribution in [2.24, 2.45) is 5.10 Å². The van der Waals surface area contributed by atoms with Gasteiger partial charge in [-0.1, -0.05) is 18.2 Å². The zero-order valence-corrected chi connectivity index (χ0v) is 15.3. The van der Waals surface area contributed by atoms with E-state index < -0.39 is 5.91 Å². The third-order valence-electron chi connectivity index (χ3n) is 4.09. The molecule has 0 fully saturated rings. The predicted molar refractivity (Wildman–Crippen MR) is 108 cm³/mol. The predicted octanol–water partition coefficient (Wildman–Crippen LogP) is 3.28. The average Bonchev–Trinajstić information content (AvgIpc) is 3.21. The maximum atomic E-state index is 12.2. The Kier molecular flexibility index (Phi) is 5.86. The number of aromatic amines is 1. The number of amides is 1. The highest BCUT2D eigenvalue weighted by Crippen LogP contribution is 2.22. The smallest absolute Gasteiger partial charge is 0.289 e. The van der Waals surface area contributed by atoms with Crippen LogP contribution in [-0.2, 0) is 6.42 Å². The van der Waals surface area contributed by atoms with Gasteiger partial charge in [0, 0.05) is 11.1 Å². The molecule has 3 aromatic rings. The van der Waals surface area contributed by atoms with Gasteiger partial charge in [-0.3, -0.25) is 9.89 Å². The lowest BCUT2D eigenvalue weighted by Gasteiger charge is -2.04. The molecule has 1 heterocycles. The number of aromatic hydroxyl groups is 1. The van der Waals surface area contributed by atoms with Crippen LogP contribution >= 0.6 is 0 Å². The second-order valence-electron chi connectivity index (χ2n) is 5.94. The second kappa shape index (κ2) is 8.68. The van der Waals surface area contributed by atoms with Gasteiger partial charge in [-0.05, 0) is 48.4 Å². The molecule has 2 aromatic carbocycles. The minimum Gasteiger partial charge on any atom is -0.507 e. The van der Waals surface area contributed by atoms with Gasteiger partial charge in [0.05, 0.1) is 19.0 Å². The first kappa shape index (κ1) is 18.9. The number of hydrogen-bond acceptors (Lipinski definition) is 5. The highest BCUT2D eigenvalue weighted by molar-refractivity contribution is 5.94. The van der Waals surface area contributed by atoms with Crippen molar-refractivity contribution in [1.82, 2.24) is 15.6 Å². The summed E-state index contributed by atoms with van der Waals surface area (Å²) in [6.45, 7) is 3.66. The molecule has 7 heteroatoms. The number of para-hydroxylation sites is 1. The van der Waals surface area contributed by atoms with E-state index in [-0.39, 0.29) is 11.4 Å². The number of carbonyl (C=O) groups is 1. The van der Waals surface area contributed by atoms with Crippen LogP contribution in [0.3, 0.4) is 0 Å². The fraction of sp³-hybridized carbons (Fsp3) is 0.0952. The van der Waals surface area contributed by atoms with Gasteiger partial charge in [0.2, 0.25) is 0 Å². The van der Waals surface area contributed by atoms with Crippen LogP contribution in [0.5, 0.6) is 11.5 Å². The van der Waals surface area contributed by atoms with Crippen LogP contribution in [-0.4, -0.2) is 34.5 Å². The highest BCUT2D eigenvalue weighted by Gasteiger charge is 2.11. The molecule has 1 aromatic heterocycles. The van der Waals surface area contributed by atoms with Gasteiger partial charge in [-0.2, -0.15) is 10.2 Å². The standard InChI is InChI=1S/C21H20N4O3/c1-3-5-15-6-4-7-16(20(15)26)13-22-25-21(27)19-12-18(23-24-19)14-8-10-17(28-2)11-9-14/h3-4,6-13,26H,1,5H2,2H3,(H,23,24)(H,25,27). The summed E-state index contributed by atoms with van der Waals surface area (Å²) in [4.78, 5) is 12.2. The van der Waals surface area contributed by atoms with Crippen LogP contribution in [0.1, 0.15) is 21.6 Å². The maximum Gasteiger partial charge on any atom is 0.289 e. The number of rotatable bonds is 7. The molecular weight excluding hydrogens is 356 g/mol. The molecule has 0 aliphatic heterocycles. The Balaban J connectivity index is 1.67. The zero-order valence-electron chi connectivity index (χ0n) is 15.3. The number of phenols is 1. The minimum absolute atomic E-state index is 0.115. The van der Waals surface area contributed by atoms with E-state index in [2.05, 4.69) is 27.3 Å². The minimum atomic E-state index is -0.440.